The standard InChI is InChI=1S/C11H12BrN5S/c12-8-3-13-17(4-8)9-5-16(6-9)11-14-10(15-18-11)7-1-2-7/h3-4,7,9H,1-2,5-6H2. The van der Waals surface area contributed by atoms with Gasteiger partial charge in [-0.05, 0) is 28.8 Å². The normalized spacial score (nSPS) is 20.2. The average Bonchev–Trinajstić information content (AvgIpc) is 2.89. The predicted molar refractivity (Wildman–Crippen MR) is 73.1 cm³/mol. The van der Waals surface area contributed by atoms with Gasteiger partial charge in [-0.15, -0.1) is 0 Å². The van der Waals surface area contributed by atoms with Crippen LogP contribution in [0, 0.1) is 0 Å². The molecule has 4 rings (SSSR count). The molecule has 0 spiro atoms. The number of hydrogen-bond donors (Lipinski definition) is 0. The molecule has 1 saturated carbocycles. The van der Waals surface area contributed by atoms with Gasteiger partial charge in [-0.1, -0.05) is 0 Å². The zero-order valence-electron chi connectivity index (χ0n) is 9.66. The van der Waals surface area contributed by atoms with Crippen LogP contribution in [0.5, 0.6) is 0 Å². The highest BCUT2D eigenvalue weighted by atomic mass is 79.9. The quantitative estimate of drug-likeness (QED) is 0.869. The molecule has 94 valence electrons. The van der Waals surface area contributed by atoms with Crippen molar-refractivity contribution in [3.8, 4) is 0 Å². The van der Waals surface area contributed by atoms with Crippen LogP contribution in [0.2, 0.25) is 0 Å². The molecule has 3 heterocycles. The van der Waals surface area contributed by atoms with E-state index in [9.17, 15) is 0 Å². The van der Waals surface area contributed by atoms with Crippen molar-refractivity contribution in [2.24, 2.45) is 0 Å². The second-order valence-electron chi connectivity index (χ2n) is 4.91. The van der Waals surface area contributed by atoms with Gasteiger partial charge in [-0.3, -0.25) is 4.68 Å². The molecule has 0 N–H and O–H groups in total. The van der Waals surface area contributed by atoms with Crippen LogP contribution < -0.4 is 4.90 Å². The highest BCUT2D eigenvalue weighted by Gasteiger charge is 2.33. The van der Waals surface area contributed by atoms with Gasteiger partial charge in [0.25, 0.3) is 0 Å². The molecule has 1 saturated heterocycles. The minimum atomic E-state index is 0.463. The third-order valence-corrected chi connectivity index (χ3v) is 4.65. The minimum Gasteiger partial charge on any atom is -0.342 e. The minimum absolute atomic E-state index is 0.463. The molecule has 0 aromatic carbocycles. The topological polar surface area (TPSA) is 46.8 Å². The molecule has 1 aliphatic carbocycles. The number of aromatic nitrogens is 4. The molecule has 18 heavy (non-hydrogen) atoms. The summed E-state index contributed by atoms with van der Waals surface area (Å²) in [7, 11) is 0. The molecule has 1 aliphatic heterocycles. The maximum Gasteiger partial charge on any atom is 0.205 e. The maximum atomic E-state index is 4.62. The lowest BCUT2D eigenvalue weighted by molar-refractivity contribution is 0.367. The maximum absolute atomic E-state index is 4.62. The molecule has 0 radical (unpaired) electrons. The molecule has 0 bridgehead atoms. The SMILES string of the molecule is Brc1cnn(C2CN(c3nc(C4CC4)ns3)C2)c1. The second kappa shape index (κ2) is 4.03. The Morgan fingerprint density at radius 3 is 2.83 bits per heavy atom. The van der Waals surface area contributed by atoms with Crippen LogP contribution in [0.15, 0.2) is 16.9 Å². The smallest absolute Gasteiger partial charge is 0.205 e. The van der Waals surface area contributed by atoms with Gasteiger partial charge in [0.15, 0.2) is 0 Å². The monoisotopic (exact) mass is 325 g/mol. The molecule has 0 amide bonds. The van der Waals surface area contributed by atoms with Crippen molar-refractivity contribution >= 4 is 32.6 Å². The number of rotatable bonds is 3. The van der Waals surface area contributed by atoms with Crippen LogP contribution in [0.1, 0.15) is 30.6 Å². The van der Waals surface area contributed by atoms with Gasteiger partial charge in [0.2, 0.25) is 5.13 Å². The van der Waals surface area contributed by atoms with Gasteiger partial charge < -0.3 is 4.90 Å². The van der Waals surface area contributed by atoms with Crippen molar-refractivity contribution in [3.63, 3.8) is 0 Å². The van der Waals surface area contributed by atoms with Crippen LogP contribution in [0.4, 0.5) is 5.13 Å². The van der Waals surface area contributed by atoms with Crippen molar-refractivity contribution in [1.29, 1.82) is 0 Å². The average molecular weight is 326 g/mol. The van der Waals surface area contributed by atoms with Gasteiger partial charge in [0.1, 0.15) is 5.82 Å². The van der Waals surface area contributed by atoms with E-state index in [1.807, 2.05) is 17.1 Å². The van der Waals surface area contributed by atoms with Crippen molar-refractivity contribution in [1.82, 2.24) is 19.1 Å². The first kappa shape index (κ1) is 10.9. The molecule has 5 nitrogen and oxygen atoms in total. The van der Waals surface area contributed by atoms with Crippen molar-refractivity contribution < 1.29 is 0 Å². The molecular formula is C11H12BrN5S. The van der Waals surface area contributed by atoms with E-state index in [2.05, 4.69) is 35.3 Å². The van der Waals surface area contributed by atoms with Gasteiger partial charge in [-0.25, -0.2) is 4.98 Å². The Bertz CT molecular complexity index is 570. The van der Waals surface area contributed by atoms with Crippen molar-refractivity contribution in [2.75, 3.05) is 18.0 Å². The summed E-state index contributed by atoms with van der Waals surface area (Å²) in [5, 5.41) is 5.39. The third kappa shape index (κ3) is 1.85. The summed E-state index contributed by atoms with van der Waals surface area (Å²) in [6.45, 7) is 1.96. The summed E-state index contributed by atoms with van der Waals surface area (Å²) in [5.74, 6) is 1.70. The summed E-state index contributed by atoms with van der Waals surface area (Å²) < 4.78 is 7.49. The highest BCUT2D eigenvalue weighted by molar-refractivity contribution is 9.10. The second-order valence-corrected chi connectivity index (χ2v) is 6.55. The van der Waals surface area contributed by atoms with E-state index in [1.165, 1.54) is 24.4 Å². The number of anilines is 1. The Labute approximate surface area is 117 Å². The van der Waals surface area contributed by atoms with Gasteiger partial charge in [-0.2, -0.15) is 9.47 Å². The Kier molecular flexibility index (Phi) is 2.44. The van der Waals surface area contributed by atoms with E-state index in [4.69, 9.17) is 0 Å². The molecule has 2 aromatic heterocycles. The fourth-order valence-electron chi connectivity index (χ4n) is 2.16. The van der Waals surface area contributed by atoms with E-state index in [0.29, 0.717) is 12.0 Å². The molecular weight excluding hydrogens is 314 g/mol. The largest absolute Gasteiger partial charge is 0.342 e. The first-order chi connectivity index (χ1) is 8.79. The van der Waals surface area contributed by atoms with Crippen LogP contribution in [0.25, 0.3) is 0 Å². The Hall–Kier alpha value is -0.950. The molecule has 2 aliphatic rings. The first-order valence-corrected chi connectivity index (χ1v) is 7.64. The summed E-state index contributed by atoms with van der Waals surface area (Å²) in [6.07, 6.45) is 6.39. The molecule has 0 unspecified atom stereocenters. The van der Waals surface area contributed by atoms with E-state index in [-0.39, 0.29) is 0 Å². The van der Waals surface area contributed by atoms with Gasteiger partial charge in [0.05, 0.1) is 16.7 Å². The summed E-state index contributed by atoms with van der Waals surface area (Å²) in [5.41, 5.74) is 0. The zero-order chi connectivity index (χ0) is 12.1. The molecule has 7 heteroatoms. The third-order valence-electron chi connectivity index (χ3n) is 3.45. The van der Waals surface area contributed by atoms with Crippen LogP contribution in [-0.4, -0.2) is 32.2 Å². The van der Waals surface area contributed by atoms with Crippen LogP contribution in [0.3, 0.4) is 0 Å². The fraction of sp³-hybridized carbons (Fsp3) is 0.545. The summed E-state index contributed by atoms with van der Waals surface area (Å²) in [4.78, 5) is 6.90. The lowest BCUT2D eigenvalue weighted by Gasteiger charge is -2.38. The predicted octanol–water partition coefficient (Wildman–Crippen LogP) is 2.44. The molecule has 2 aromatic rings. The van der Waals surface area contributed by atoms with E-state index >= 15 is 0 Å². The Balaban J connectivity index is 1.43. The van der Waals surface area contributed by atoms with Gasteiger partial charge in [0, 0.05) is 36.7 Å². The summed E-state index contributed by atoms with van der Waals surface area (Å²) in [6, 6.07) is 0.463. The Morgan fingerprint density at radius 2 is 2.17 bits per heavy atom. The Morgan fingerprint density at radius 1 is 1.33 bits per heavy atom. The van der Waals surface area contributed by atoms with Crippen LogP contribution in [-0.2, 0) is 0 Å². The van der Waals surface area contributed by atoms with Crippen LogP contribution >= 0.6 is 27.5 Å². The number of halogens is 1. The van der Waals surface area contributed by atoms with Crippen molar-refractivity contribution in [3.05, 3.63) is 22.7 Å². The first-order valence-electron chi connectivity index (χ1n) is 6.08. The number of hydrogen-bond acceptors (Lipinski definition) is 5. The summed E-state index contributed by atoms with van der Waals surface area (Å²) >= 11 is 4.95. The molecule has 0 atom stereocenters. The lowest BCUT2D eigenvalue weighted by Crippen LogP contribution is -2.48. The van der Waals surface area contributed by atoms with E-state index in [0.717, 1.165) is 28.5 Å². The van der Waals surface area contributed by atoms with Gasteiger partial charge >= 0.3 is 0 Å². The fourth-order valence-corrected chi connectivity index (χ4v) is 3.22. The highest BCUT2D eigenvalue weighted by Crippen LogP contribution is 2.40. The lowest BCUT2D eigenvalue weighted by atomic mass is 10.1. The zero-order valence-corrected chi connectivity index (χ0v) is 12.1. The van der Waals surface area contributed by atoms with E-state index in [1.54, 1.807) is 0 Å². The number of nitrogens with zero attached hydrogens (tertiary/aromatic N) is 5. The van der Waals surface area contributed by atoms with E-state index < -0.39 is 0 Å². The van der Waals surface area contributed by atoms with Crippen molar-refractivity contribution in [2.45, 2.75) is 24.8 Å². The molecule has 2 fully saturated rings.